The standard InChI is InChI=1S/C16H25NO2/c1-6-15(16(18)17-13(5)11(2)3)19-14-9-7-8-12(4)10-14/h7-11,13,15H,6H2,1-5H3,(H,17,18). The molecule has 1 aromatic rings. The van der Waals surface area contributed by atoms with Gasteiger partial charge in [0.15, 0.2) is 6.10 Å². The number of rotatable bonds is 6. The van der Waals surface area contributed by atoms with E-state index in [0.29, 0.717) is 12.3 Å². The van der Waals surface area contributed by atoms with Crippen LogP contribution in [0.1, 0.15) is 39.7 Å². The van der Waals surface area contributed by atoms with Crippen LogP contribution in [0.25, 0.3) is 0 Å². The fraction of sp³-hybridized carbons (Fsp3) is 0.562. The first-order valence-electron chi connectivity index (χ1n) is 6.97. The van der Waals surface area contributed by atoms with Crippen molar-refractivity contribution in [3.63, 3.8) is 0 Å². The van der Waals surface area contributed by atoms with Gasteiger partial charge in [0.25, 0.3) is 5.91 Å². The lowest BCUT2D eigenvalue weighted by atomic mass is 10.1. The number of hydrogen-bond donors (Lipinski definition) is 1. The minimum Gasteiger partial charge on any atom is -0.481 e. The Balaban J connectivity index is 2.65. The van der Waals surface area contributed by atoms with E-state index in [1.54, 1.807) is 0 Å². The van der Waals surface area contributed by atoms with E-state index >= 15 is 0 Å². The van der Waals surface area contributed by atoms with E-state index < -0.39 is 6.10 Å². The molecular formula is C16H25NO2. The van der Waals surface area contributed by atoms with Crippen LogP contribution < -0.4 is 10.1 Å². The number of ether oxygens (including phenoxy) is 1. The van der Waals surface area contributed by atoms with E-state index in [1.165, 1.54) is 0 Å². The van der Waals surface area contributed by atoms with Gasteiger partial charge in [-0.2, -0.15) is 0 Å². The summed E-state index contributed by atoms with van der Waals surface area (Å²) >= 11 is 0. The van der Waals surface area contributed by atoms with Crippen molar-refractivity contribution in [2.45, 2.75) is 53.2 Å². The highest BCUT2D eigenvalue weighted by molar-refractivity contribution is 5.81. The number of benzene rings is 1. The van der Waals surface area contributed by atoms with Gasteiger partial charge < -0.3 is 10.1 Å². The van der Waals surface area contributed by atoms with Crippen LogP contribution >= 0.6 is 0 Å². The van der Waals surface area contributed by atoms with Crippen molar-refractivity contribution in [1.82, 2.24) is 5.32 Å². The summed E-state index contributed by atoms with van der Waals surface area (Å²) in [7, 11) is 0. The second-order valence-electron chi connectivity index (χ2n) is 5.37. The zero-order valence-corrected chi connectivity index (χ0v) is 12.6. The number of carbonyl (C=O) groups excluding carboxylic acids is 1. The molecule has 3 heteroatoms. The third kappa shape index (κ3) is 4.93. The Morgan fingerprint density at radius 3 is 2.53 bits per heavy atom. The fourth-order valence-electron chi connectivity index (χ4n) is 1.66. The van der Waals surface area contributed by atoms with Gasteiger partial charge in [0.2, 0.25) is 0 Å². The second kappa shape index (κ2) is 7.17. The van der Waals surface area contributed by atoms with E-state index in [0.717, 1.165) is 11.3 Å². The van der Waals surface area contributed by atoms with Gasteiger partial charge in [0.05, 0.1) is 0 Å². The topological polar surface area (TPSA) is 38.3 Å². The first kappa shape index (κ1) is 15.5. The summed E-state index contributed by atoms with van der Waals surface area (Å²) in [6.07, 6.45) is 0.230. The van der Waals surface area contributed by atoms with Crippen molar-refractivity contribution in [2.24, 2.45) is 5.92 Å². The van der Waals surface area contributed by atoms with Crippen LogP contribution in [0.15, 0.2) is 24.3 Å². The predicted molar refractivity (Wildman–Crippen MR) is 78.3 cm³/mol. The Morgan fingerprint density at radius 1 is 1.32 bits per heavy atom. The van der Waals surface area contributed by atoms with Crippen LogP contribution in [0.2, 0.25) is 0 Å². The summed E-state index contributed by atoms with van der Waals surface area (Å²) in [6, 6.07) is 7.93. The molecule has 106 valence electrons. The van der Waals surface area contributed by atoms with Crippen LogP contribution in [0.3, 0.4) is 0 Å². The van der Waals surface area contributed by atoms with Gasteiger partial charge in [-0.05, 0) is 43.9 Å². The van der Waals surface area contributed by atoms with Crippen molar-refractivity contribution in [3.8, 4) is 5.75 Å². The minimum atomic E-state index is -0.428. The lowest BCUT2D eigenvalue weighted by molar-refractivity contribution is -0.129. The average Bonchev–Trinajstić information content (AvgIpc) is 2.35. The minimum absolute atomic E-state index is 0.0368. The quantitative estimate of drug-likeness (QED) is 0.855. The molecule has 0 heterocycles. The normalized spacial score (nSPS) is 14.0. The fourth-order valence-corrected chi connectivity index (χ4v) is 1.66. The first-order valence-corrected chi connectivity index (χ1v) is 6.97. The Morgan fingerprint density at radius 2 is 2.00 bits per heavy atom. The molecule has 0 spiro atoms. The van der Waals surface area contributed by atoms with Crippen LogP contribution in [0.5, 0.6) is 5.75 Å². The highest BCUT2D eigenvalue weighted by Crippen LogP contribution is 2.15. The van der Waals surface area contributed by atoms with E-state index in [2.05, 4.69) is 19.2 Å². The van der Waals surface area contributed by atoms with Crippen LogP contribution in [0, 0.1) is 12.8 Å². The van der Waals surface area contributed by atoms with Crippen molar-refractivity contribution < 1.29 is 9.53 Å². The first-order chi connectivity index (χ1) is 8.93. The molecule has 3 nitrogen and oxygen atoms in total. The predicted octanol–water partition coefficient (Wildman–Crippen LogP) is 3.31. The third-order valence-corrected chi connectivity index (χ3v) is 3.30. The molecule has 0 saturated carbocycles. The Bertz CT molecular complexity index is 415. The Kier molecular flexibility index (Phi) is 5.87. The highest BCUT2D eigenvalue weighted by atomic mass is 16.5. The van der Waals surface area contributed by atoms with E-state index in [4.69, 9.17) is 4.74 Å². The maximum absolute atomic E-state index is 12.1. The maximum atomic E-state index is 12.1. The molecule has 19 heavy (non-hydrogen) atoms. The molecule has 0 radical (unpaired) electrons. The lowest BCUT2D eigenvalue weighted by Crippen LogP contribution is -2.44. The smallest absolute Gasteiger partial charge is 0.261 e. The molecule has 1 N–H and O–H groups in total. The maximum Gasteiger partial charge on any atom is 0.261 e. The third-order valence-electron chi connectivity index (χ3n) is 3.30. The molecule has 0 aliphatic carbocycles. The van der Waals surface area contributed by atoms with E-state index in [-0.39, 0.29) is 11.9 Å². The number of hydrogen-bond acceptors (Lipinski definition) is 2. The van der Waals surface area contributed by atoms with Crippen LogP contribution in [-0.2, 0) is 4.79 Å². The van der Waals surface area contributed by atoms with E-state index in [1.807, 2.05) is 45.0 Å². The summed E-state index contributed by atoms with van der Waals surface area (Å²) in [5.74, 6) is 1.13. The average molecular weight is 263 g/mol. The molecule has 0 saturated heterocycles. The largest absolute Gasteiger partial charge is 0.481 e. The monoisotopic (exact) mass is 263 g/mol. The van der Waals surface area contributed by atoms with Crippen LogP contribution in [0.4, 0.5) is 0 Å². The summed E-state index contributed by atoms with van der Waals surface area (Å²) < 4.78 is 5.77. The molecular weight excluding hydrogens is 238 g/mol. The van der Waals surface area contributed by atoms with Gasteiger partial charge in [-0.3, -0.25) is 4.79 Å². The van der Waals surface area contributed by atoms with Crippen LogP contribution in [-0.4, -0.2) is 18.1 Å². The summed E-state index contributed by atoms with van der Waals surface area (Å²) in [4.78, 5) is 12.1. The van der Waals surface area contributed by atoms with E-state index in [9.17, 15) is 4.79 Å². The molecule has 1 aromatic carbocycles. The zero-order chi connectivity index (χ0) is 14.4. The molecule has 0 bridgehead atoms. The van der Waals surface area contributed by atoms with Gasteiger partial charge in [0.1, 0.15) is 5.75 Å². The zero-order valence-electron chi connectivity index (χ0n) is 12.6. The molecule has 0 aliphatic rings. The summed E-state index contributed by atoms with van der Waals surface area (Å²) in [5.41, 5.74) is 1.13. The SMILES string of the molecule is CCC(Oc1cccc(C)c1)C(=O)NC(C)C(C)C. The van der Waals surface area contributed by atoms with Gasteiger partial charge in [0, 0.05) is 6.04 Å². The number of amides is 1. The second-order valence-corrected chi connectivity index (χ2v) is 5.37. The van der Waals surface area contributed by atoms with Gasteiger partial charge in [-0.1, -0.05) is 32.9 Å². The molecule has 0 fully saturated rings. The molecule has 2 unspecified atom stereocenters. The number of carbonyl (C=O) groups is 1. The Hall–Kier alpha value is -1.51. The van der Waals surface area contributed by atoms with Crippen molar-refractivity contribution >= 4 is 5.91 Å². The van der Waals surface area contributed by atoms with Gasteiger partial charge in [-0.25, -0.2) is 0 Å². The Labute approximate surface area is 116 Å². The summed E-state index contributed by atoms with van der Waals surface area (Å²) in [6.45, 7) is 10.2. The summed E-state index contributed by atoms with van der Waals surface area (Å²) in [5, 5.41) is 3.00. The number of nitrogens with one attached hydrogen (secondary N) is 1. The van der Waals surface area contributed by atoms with Crippen molar-refractivity contribution in [2.75, 3.05) is 0 Å². The van der Waals surface area contributed by atoms with Crippen molar-refractivity contribution in [3.05, 3.63) is 29.8 Å². The number of aryl methyl sites for hydroxylation is 1. The van der Waals surface area contributed by atoms with Crippen molar-refractivity contribution in [1.29, 1.82) is 0 Å². The lowest BCUT2D eigenvalue weighted by Gasteiger charge is -2.22. The highest BCUT2D eigenvalue weighted by Gasteiger charge is 2.21. The molecule has 0 aromatic heterocycles. The molecule has 0 aliphatic heterocycles. The molecule has 1 amide bonds. The molecule has 2 atom stereocenters. The van der Waals surface area contributed by atoms with Gasteiger partial charge in [-0.15, -0.1) is 0 Å². The molecule has 1 rings (SSSR count). The van der Waals surface area contributed by atoms with Gasteiger partial charge >= 0.3 is 0 Å².